The monoisotopic (exact) mass is 224 g/mol. The Morgan fingerprint density at radius 1 is 1.19 bits per heavy atom. The predicted molar refractivity (Wildman–Crippen MR) is 68.2 cm³/mol. The molecule has 0 fully saturated rings. The molecule has 1 atom stereocenters. The van der Waals surface area contributed by atoms with Crippen molar-refractivity contribution >= 4 is 5.97 Å². The van der Waals surface area contributed by atoms with E-state index in [9.17, 15) is 4.79 Å². The van der Waals surface area contributed by atoms with E-state index in [0.29, 0.717) is 18.9 Å². The summed E-state index contributed by atoms with van der Waals surface area (Å²) in [6.45, 7) is 6.82. The van der Waals surface area contributed by atoms with Crippen LogP contribution in [0.3, 0.4) is 0 Å². The third-order valence-electron chi connectivity index (χ3n) is 2.35. The number of carbonyl (C=O) groups excluding carboxylic acids is 1. The van der Waals surface area contributed by atoms with Gasteiger partial charge >= 0.3 is 5.97 Å². The first-order chi connectivity index (χ1) is 7.70. The van der Waals surface area contributed by atoms with Crippen molar-refractivity contribution in [3.05, 3.63) is 24.3 Å². The SMILES string of the molecule is CC/C=C\C/C=C\CC(=O)OCC(C)CC. The second-order valence-corrected chi connectivity index (χ2v) is 3.99. The number of esters is 1. The van der Waals surface area contributed by atoms with E-state index < -0.39 is 0 Å². The Kier molecular flexibility index (Phi) is 9.78. The zero-order chi connectivity index (χ0) is 12.2. The highest BCUT2D eigenvalue weighted by atomic mass is 16.5. The van der Waals surface area contributed by atoms with E-state index in [1.165, 1.54) is 0 Å². The molecule has 0 aliphatic carbocycles. The van der Waals surface area contributed by atoms with E-state index in [0.717, 1.165) is 19.3 Å². The summed E-state index contributed by atoms with van der Waals surface area (Å²) in [7, 11) is 0. The van der Waals surface area contributed by atoms with Crippen LogP contribution >= 0.6 is 0 Å². The quantitative estimate of drug-likeness (QED) is 0.462. The number of carbonyl (C=O) groups is 1. The Hall–Kier alpha value is -1.05. The van der Waals surface area contributed by atoms with Gasteiger partial charge in [-0.1, -0.05) is 51.5 Å². The molecule has 0 aromatic heterocycles. The first kappa shape index (κ1) is 14.9. The van der Waals surface area contributed by atoms with Gasteiger partial charge in [0.15, 0.2) is 0 Å². The van der Waals surface area contributed by atoms with E-state index >= 15 is 0 Å². The first-order valence-electron chi connectivity index (χ1n) is 6.16. The summed E-state index contributed by atoms with van der Waals surface area (Å²) in [6.07, 6.45) is 11.5. The molecule has 0 aromatic rings. The van der Waals surface area contributed by atoms with Crippen LogP contribution in [0.25, 0.3) is 0 Å². The summed E-state index contributed by atoms with van der Waals surface area (Å²) in [5.41, 5.74) is 0. The van der Waals surface area contributed by atoms with Crippen molar-refractivity contribution in [2.75, 3.05) is 6.61 Å². The Balaban J connectivity index is 3.53. The second-order valence-electron chi connectivity index (χ2n) is 3.99. The van der Waals surface area contributed by atoms with Gasteiger partial charge < -0.3 is 4.74 Å². The molecule has 2 nitrogen and oxygen atoms in total. The zero-order valence-electron chi connectivity index (χ0n) is 10.7. The molecule has 92 valence electrons. The number of allylic oxidation sites excluding steroid dienone is 3. The number of ether oxygens (including phenoxy) is 1. The van der Waals surface area contributed by atoms with Crippen LogP contribution in [-0.2, 0) is 9.53 Å². The molecule has 0 amide bonds. The fraction of sp³-hybridized carbons (Fsp3) is 0.643. The van der Waals surface area contributed by atoms with E-state index in [2.05, 4.69) is 32.9 Å². The maximum Gasteiger partial charge on any atom is 0.309 e. The summed E-state index contributed by atoms with van der Waals surface area (Å²) < 4.78 is 5.11. The summed E-state index contributed by atoms with van der Waals surface area (Å²) >= 11 is 0. The minimum absolute atomic E-state index is 0.129. The normalized spacial score (nSPS) is 13.4. The van der Waals surface area contributed by atoms with E-state index in [1.807, 2.05) is 12.2 Å². The molecule has 16 heavy (non-hydrogen) atoms. The van der Waals surface area contributed by atoms with Gasteiger partial charge in [-0.05, 0) is 18.8 Å². The second kappa shape index (κ2) is 10.5. The van der Waals surface area contributed by atoms with Crippen LogP contribution in [0.4, 0.5) is 0 Å². The molecule has 0 radical (unpaired) electrons. The Morgan fingerprint density at radius 2 is 1.88 bits per heavy atom. The molecule has 0 bridgehead atoms. The summed E-state index contributed by atoms with van der Waals surface area (Å²) in [5, 5.41) is 0. The fourth-order valence-electron chi connectivity index (χ4n) is 1.03. The van der Waals surface area contributed by atoms with Gasteiger partial charge in [-0.25, -0.2) is 0 Å². The first-order valence-corrected chi connectivity index (χ1v) is 6.16. The lowest BCUT2D eigenvalue weighted by Crippen LogP contribution is -2.10. The topological polar surface area (TPSA) is 26.3 Å². The fourth-order valence-corrected chi connectivity index (χ4v) is 1.03. The van der Waals surface area contributed by atoms with Crippen molar-refractivity contribution in [1.82, 2.24) is 0 Å². The largest absolute Gasteiger partial charge is 0.465 e. The summed E-state index contributed by atoms with van der Waals surface area (Å²) in [6, 6.07) is 0. The van der Waals surface area contributed by atoms with Crippen molar-refractivity contribution in [2.24, 2.45) is 5.92 Å². The molecular formula is C14H24O2. The lowest BCUT2D eigenvalue weighted by atomic mass is 10.1. The predicted octanol–water partition coefficient (Wildman–Crippen LogP) is 3.88. The number of hydrogen-bond donors (Lipinski definition) is 0. The molecular weight excluding hydrogens is 200 g/mol. The molecule has 0 heterocycles. The number of hydrogen-bond acceptors (Lipinski definition) is 2. The van der Waals surface area contributed by atoms with Crippen molar-refractivity contribution in [2.45, 2.75) is 46.5 Å². The molecule has 0 saturated carbocycles. The van der Waals surface area contributed by atoms with E-state index in [-0.39, 0.29) is 5.97 Å². The van der Waals surface area contributed by atoms with Gasteiger partial charge in [-0.2, -0.15) is 0 Å². The average Bonchev–Trinajstić information content (AvgIpc) is 2.30. The molecule has 0 aliphatic rings. The van der Waals surface area contributed by atoms with Gasteiger partial charge in [0, 0.05) is 0 Å². The molecule has 0 aromatic carbocycles. The van der Waals surface area contributed by atoms with Crippen LogP contribution < -0.4 is 0 Å². The van der Waals surface area contributed by atoms with Gasteiger partial charge in [-0.3, -0.25) is 4.79 Å². The lowest BCUT2D eigenvalue weighted by Gasteiger charge is -2.08. The molecule has 0 spiro atoms. The highest BCUT2D eigenvalue weighted by Crippen LogP contribution is 2.02. The Labute approximate surface area is 99.4 Å². The van der Waals surface area contributed by atoms with Crippen LogP contribution in [0.5, 0.6) is 0 Å². The molecule has 0 rings (SSSR count). The molecule has 0 aliphatic heterocycles. The number of rotatable bonds is 8. The smallest absolute Gasteiger partial charge is 0.309 e. The van der Waals surface area contributed by atoms with Gasteiger partial charge in [0.05, 0.1) is 13.0 Å². The summed E-state index contributed by atoms with van der Waals surface area (Å²) in [5.74, 6) is 0.330. The van der Waals surface area contributed by atoms with Crippen LogP contribution in [0.15, 0.2) is 24.3 Å². The maximum atomic E-state index is 11.3. The maximum absolute atomic E-state index is 11.3. The molecule has 1 unspecified atom stereocenters. The molecule has 0 saturated heterocycles. The van der Waals surface area contributed by atoms with Crippen LogP contribution in [0, 0.1) is 5.92 Å². The van der Waals surface area contributed by atoms with Gasteiger partial charge in [0.2, 0.25) is 0 Å². The van der Waals surface area contributed by atoms with E-state index in [4.69, 9.17) is 4.74 Å². The Morgan fingerprint density at radius 3 is 2.50 bits per heavy atom. The molecule has 0 N–H and O–H groups in total. The Bertz CT molecular complexity index is 229. The average molecular weight is 224 g/mol. The highest BCUT2D eigenvalue weighted by molar-refractivity contribution is 5.71. The van der Waals surface area contributed by atoms with Crippen molar-refractivity contribution < 1.29 is 9.53 Å². The summed E-state index contributed by atoms with van der Waals surface area (Å²) in [4.78, 5) is 11.3. The van der Waals surface area contributed by atoms with Crippen LogP contribution in [0.2, 0.25) is 0 Å². The van der Waals surface area contributed by atoms with Gasteiger partial charge in [0.25, 0.3) is 0 Å². The van der Waals surface area contributed by atoms with Crippen LogP contribution in [-0.4, -0.2) is 12.6 Å². The minimum Gasteiger partial charge on any atom is -0.465 e. The zero-order valence-corrected chi connectivity index (χ0v) is 10.7. The van der Waals surface area contributed by atoms with Gasteiger partial charge in [0.1, 0.15) is 0 Å². The minimum atomic E-state index is -0.129. The standard InChI is InChI=1S/C14H24O2/c1-4-6-7-8-9-10-11-14(15)16-12-13(3)5-2/h6-7,9-10,13H,4-5,8,11-12H2,1-3H3/b7-6-,10-9-. The highest BCUT2D eigenvalue weighted by Gasteiger charge is 2.03. The van der Waals surface area contributed by atoms with Gasteiger partial charge in [-0.15, -0.1) is 0 Å². The lowest BCUT2D eigenvalue weighted by molar-refractivity contribution is -0.143. The third kappa shape index (κ3) is 9.50. The van der Waals surface area contributed by atoms with Crippen molar-refractivity contribution in [1.29, 1.82) is 0 Å². The van der Waals surface area contributed by atoms with Crippen molar-refractivity contribution in [3.8, 4) is 0 Å². The van der Waals surface area contributed by atoms with Crippen LogP contribution in [0.1, 0.15) is 46.5 Å². The van der Waals surface area contributed by atoms with Crippen molar-refractivity contribution in [3.63, 3.8) is 0 Å². The molecule has 2 heteroatoms. The third-order valence-corrected chi connectivity index (χ3v) is 2.35. The van der Waals surface area contributed by atoms with E-state index in [1.54, 1.807) is 0 Å².